The van der Waals surface area contributed by atoms with E-state index >= 15 is 0 Å². The van der Waals surface area contributed by atoms with Gasteiger partial charge in [0, 0.05) is 12.5 Å². The van der Waals surface area contributed by atoms with Crippen LogP contribution in [0.5, 0.6) is 11.5 Å². The number of aromatic nitrogens is 1. The van der Waals surface area contributed by atoms with Crippen LogP contribution in [0, 0.1) is 10.1 Å². The molecule has 3 rings (SSSR count). The smallest absolute Gasteiger partial charge is 0.274 e. The lowest BCUT2D eigenvalue weighted by Gasteiger charge is -2.06. The Balaban J connectivity index is 1.62. The summed E-state index contributed by atoms with van der Waals surface area (Å²) in [7, 11) is -0.660. The number of ether oxygens (including phenoxy) is 2. The first-order chi connectivity index (χ1) is 14.7. The van der Waals surface area contributed by atoms with E-state index in [0.29, 0.717) is 16.0 Å². The van der Waals surface area contributed by atoms with E-state index in [1.54, 1.807) is 12.1 Å². The van der Waals surface area contributed by atoms with Gasteiger partial charge in [0.2, 0.25) is 5.91 Å². The fourth-order valence-electron chi connectivity index (χ4n) is 2.80. The van der Waals surface area contributed by atoms with Gasteiger partial charge in [-0.25, -0.2) is 13.4 Å². The van der Waals surface area contributed by atoms with Crippen LogP contribution >= 0.6 is 11.3 Å². The van der Waals surface area contributed by atoms with Gasteiger partial charge in [0.05, 0.1) is 40.6 Å². The highest BCUT2D eigenvalue weighted by atomic mass is 32.2. The SMILES string of the molecule is COc1ccc(S(=O)(=O)CCCC(=O)Nc2nc3c(OC)cc([N+](=O)[O-])cc3s2)cc1. The minimum absolute atomic E-state index is 0.0252. The molecule has 0 fully saturated rings. The third-order valence-corrected chi connectivity index (χ3v) is 7.09. The fourth-order valence-corrected chi connectivity index (χ4v) is 5.05. The summed E-state index contributed by atoms with van der Waals surface area (Å²) in [6.45, 7) is 0. The molecule has 0 saturated carbocycles. The van der Waals surface area contributed by atoms with E-state index in [1.165, 1.54) is 38.5 Å². The molecular weight excluding hydrogens is 446 g/mol. The molecule has 2 aromatic carbocycles. The molecule has 31 heavy (non-hydrogen) atoms. The summed E-state index contributed by atoms with van der Waals surface area (Å²) in [4.78, 5) is 27.1. The zero-order chi connectivity index (χ0) is 22.6. The Morgan fingerprint density at radius 3 is 2.52 bits per heavy atom. The second-order valence-corrected chi connectivity index (χ2v) is 9.56. The number of hydrogen-bond donors (Lipinski definition) is 1. The van der Waals surface area contributed by atoms with Crippen molar-refractivity contribution in [2.45, 2.75) is 17.7 Å². The summed E-state index contributed by atoms with van der Waals surface area (Å²) in [6.07, 6.45) is 0.0997. The largest absolute Gasteiger partial charge is 0.497 e. The molecule has 0 radical (unpaired) electrons. The van der Waals surface area contributed by atoms with Gasteiger partial charge < -0.3 is 14.8 Å². The number of nitrogens with zero attached hydrogens (tertiary/aromatic N) is 2. The highest BCUT2D eigenvalue weighted by molar-refractivity contribution is 7.91. The number of non-ortho nitro benzene ring substituents is 1. The topological polar surface area (TPSA) is 138 Å². The summed E-state index contributed by atoms with van der Waals surface area (Å²) < 4.78 is 35.4. The molecule has 1 amide bonds. The van der Waals surface area contributed by atoms with Crippen LogP contribution in [0.4, 0.5) is 10.8 Å². The Bertz CT molecular complexity index is 1220. The number of hydrogen-bond acceptors (Lipinski definition) is 9. The molecule has 10 nitrogen and oxygen atoms in total. The van der Waals surface area contributed by atoms with Crippen LogP contribution in [0.3, 0.4) is 0 Å². The first-order valence-corrected chi connectivity index (χ1v) is 11.5. The predicted octanol–water partition coefficient (Wildman–Crippen LogP) is 3.41. The Hall–Kier alpha value is -3.25. The van der Waals surface area contributed by atoms with Crippen LogP contribution in [-0.2, 0) is 14.6 Å². The fraction of sp³-hybridized carbons (Fsp3) is 0.263. The van der Waals surface area contributed by atoms with Gasteiger partial charge in [0.25, 0.3) is 5.69 Å². The maximum atomic E-state index is 12.4. The Labute approximate surface area is 181 Å². The van der Waals surface area contributed by atoms with E-state index in [1.807, 2.05) is 0 Å². The number of nitro groups is 1. The van der Waals surface area contributed by atoms with Crippen molar-refractivity contribution in [3.05, 3.63) is 46.5 Å². The van der Waals surface area contributed by atoms with Gasteiger partial charge >= 0.3 is 0 Å². The lowest BCUT2D eigenvalue weighted by Crippen LogP contribution is -2.14. The summed E-state index contributed by atoms with van der Waals surface area (Å²) in [6, 6.07) is 8.66. The van der Waals surface area contributed by atoms with Crippen LogP contribution < -0.4 is 14.8 Å². The minimum Gasteiger partial charge on any atom is -0.497 e. The highest BCUT2D eigenvalue weighted by Crippen LogP contribution is 2.36. The molecule has 1 N–H and O–H groups in total. The standard InChI is InChI=1S/C19H19N3O7S2/c1-28-13-5-7-14(8-6-13)31(26,27)9-3-4-17(23)20-19-21-18-15(29-2)10-12(22(24)25)11-16(18)30-19/h5-8,10-11H,3-4,9H2,1-2H3,(H,20,21,23). The lowest BCUT2D eigenvalue weighted by molar-refractivity contribution is -0.384. The van der Waals surface area contributed by atoms with E-state index in [4.69, 9.17) is 9.47 Å². The molecule has 0 aliphatic carbocycles. The zero-order valence-electron chi connectivity index (χ0n) is 16.7. The van der Waals surface area contributed by atoms with Crippen LogP contribution in [0.2, 0.25) is 0 Å². The van der Waals surface area contributed by atoms with Crippen molar-refractivity contribution in [3.63, 3.8) is 0 Å². The van der Waals surface area contributed by atoms with E-state index < -0.39 is 20.7 Å². The number of anilines is 1. The van der Waals surface area contributed by atoms with E-state index in [-0.39, 0.29) is 40.1 Å². The third-order valence-electron chi connectivity index (χ3n) is 4.36. The molecule has 0 aliphatic heterocycles. The van der Waals surface area contributed by atoms with E-state index in [2.05, 4.69) is 10.3 Å². The van der Waals surface area contributed by atoms with Gasteiger partial charge in [0.1, 0.15) is 11.3 Å². The van der Waals surface area contributed by atoms with Crippen molar-refractivity contribution < 1.29 is 27.6 Å². The molecule has 0 atom stereocenters. The van der Waals surface area contributed by atoms with Gasteiger partial charge in [0.15, 0.2) is 20.7 Å². The summed E-state index contributed by atoms with van der Waals surface area (Å²) in [5.74, 6) is 0.187. The maximum absolute atomic E-state index is 12.4. The molecule has 3 aromatic rings. The van der Waals surface area contributed by atoms with Crippen molar-refractivity contribution in [2.75, 3.05) is 25.3 Å². The number of methoxy groups -OCH3 is 2. The van der Waals surface area contributed by atoms with Crippen LogP contribution in [-0.4, -0.2) is 44.2 Å². The molecule has 0 saturated heterocycles. The number of nitrogens with one attached hydrogen (secondary N) is 1. The summed E-state index contributed by atoms with van der Waals surface area (Å²) in [5.41, 5.74) is 0.255. The average Bonchev–Trinajstić information content (AvgIpc) is 3.15. The van der Waals surface area contributed by atoms with Crippen LogP contribution in [0.1, 0.15) is 12.8 Å². The Morgan fingerprint density at radius 2 is 1.90 bits per heavy atom. The Morgan fingerprint density at radius 1 is 1.19 bits per heavy atom. The van der Waals surface area contributed by atoms with Crippen molar-refractivity contribution in [1.82, 2.24) is 4.98 Å². The van der Waals surface area contributed by atoms with Gasteiger partial charge in [-0.3, -0.25) is 14.9 Å². The number of carbonyl (C=O) groups is 1. The number of rotatable bonds is 9. The second-order valence-electron chi connectivity index (χ2n) is 6.42. The van der Waals surface area contributed by atoms with Crippen LogP contribution in [0.25, 0.3) is 10.2 Å². The van der Waals surface area contributed by atoms with Gasteiger partial charge in [-0.2, -0.15) is 0 Å². The molecule has 1 aromatic heterocycles. The van der Waals surface area contributed by atoms with Crippen molar-refractivity contribution in [1.29, 1.82) is 0 Å². The monoisotopic (exact) mass is 465 g/mol. The summed E-state index contributed by atoms with van der Waals surface area (Å²) in [5, 5.41) is 13.9. The molecule has 12 heteroatoms. The zero-order valence-corrected chi connectivity index (χ0v) is 18.3. The average molecular weight is 466 g/mol. The summed E-state index contributed by atoms with van der Waals surface area (Å²) >= 11 is 1.07. The number of carbonyl (C=O) groups excluding carboxylic acids is 1. The number of amides is 1. The van der Waals surface area contributed by atoms with Gasteiger partial charge in [-0.15, -0.1) is 0 Å². The predicted molar refractivity (Wildman–Crippen MR) is 116 cm³/mol. The van der Waals surface area contributed by atoms with Crippen LogP contribution in [0.15, 0.2) is 41.3 Å². The highest BCUT2D eigenvalue weighted by Gasteiger charge is 2.18. The first-order valence-electron chi connectivity index (χ1n) is 9.03. The molecule has 1 heterocycles. The van der Waals surface area contributed by atoms with Gasteiger partial charge in [-0.05, 0) is 30.7 Å². The van der Waals surface area contributed by atoms with Crippen molar-refractivity contribution in [3.8, 4) is 11.5 Å². The minimum atomic E-state index is -3.53. The molecular formula is C19H19N3O7S2. The molecule has 0 spiro atoms. The molecule has 0 aliphatic rings. The second kappa shape index (κ2) is 9.27. The third kappa shape index (κ3) is 5.27. The number of thiazole rings is 1. The molecule has 164 valence electrons. The first kappa shape index (κ1) is 22.4. The molecule has 0 bridgehead atoms. The molecule has 0 unspecified atom stereocenters. The number of benzene rings is 2. The number of nitro benzene ring substituents is 1. The van der Waals surface area contributed by atoms with E-state index in [9.17, 15) is 23.3 Å². The quantitative estimate of drug-likeness (QED) is 0.375. The number of fused-ring (bicyclic) bond motifs is 1. The van der Waals surface area contributed by atoms with Crippen molar-refractivity contribution in [2.24, 2.45) is 0 Å². The lowest BCUT2D eigenvalue weighted by atomic mass is 10.3. The van der Waals surface area contributed by atoms with Gasteiger partial charge in [-0.1, -0.05) is 11.3 Å². The number of sulfone groups is 1. The normalized spacial score (nSPS) is 11.3. The van der Waals surface area contributed by atoms with Crippen molar-refractivity contribution >= 4 is 48.1 Å². The van der Waals surface area contributed by atoms with E-state index in [0.717, 1.165) is 11.3 Å². The Kier molecular flexibility index (Phi) is 6.71. The maximum Gasteiger partial charge on any atom is 0.274 e.